The molecule has 3 aromatic heterocycles. The van der Waals surface area contributed by atoms with E-state index in [9.17, 15) is 0 Å². The molecule has 37 heavy (non-hydrogen) atoms. The Bertz CT molecular complexity index is 2070. The molecule has 5 aromatic carbocycles. The van der Waals surface area contributed by atoms with Crippen molar-refractivity contribution in [2.75, 3.05) is 0 Å². The summed E-state index contributed by atoms with van der Waals surface area (Å²) in [6.07, 6.45) is 0. The van der Waals surface area contributed by atoms with Gasteiger partial charge in [0.25, 0.3) is 0 Å². The average molecular weight is 471 g/mol. The third kappa shape index (κ3) is 3.09. The van der Waals surface area contributed by atoms with E-state index in [0.717, 1.165) is 16.9 Å². The quantitative estimate of drug-likeness (QED) is 0.251. The Morgan fingerprint density at radius 3 is 1.92 bits per heavy atom. The number of hydrogen-bond acceptors (Lipinski definition) is 1. The Morgan fingerprint density at radius 1 is 0.432 bits per heavy atom. The predicted octanol–water partition coefficient (Wildman–Crippen LogP) is 9.23. The summed E-state index contributed by atoms with van der Waals surface area (Å²) in [6.45, 7) is 0. The SMILES string of the molecule is c1ccc(-c2nc3cccc4c5ccc(-c6ccc(-c7ccc8ccccc8c7)cc6)cc5c2n34)cc1. The lowest BCUT2D eigenvalue weighted by Crippen LogP contribution is -1.82. The fraction of sp³-hybridized carbons (Fsp3) is 0. The van der Waals surface area contributed by atoms with Crippen molar-refractivity contribution in [3.05, 3.63) is 133 Å². The van der Waals surface area contributed by atoms with Crippen molar-refractivity contribution in [1.29, 1.82) is 0 Å². The number of imidazole rings is 1. The van der Waals surface area contributed by atoms with Gasteiger partial charge in [-0.05, 0) is 57.3 Å². The van der Waals surface area contributed by atoms with Crippen molar-refractivity contribution < 1.29 is 0 Å². The summed E-state index contributed by atoms with van der Waals surface area (Å²) in [4.78, 5) is 5.03. The summed E-state index contributed by atoms with van der Waals surface area (Å²) in [5.74, 6) is 0. The summed E-state index contributed by atoms with van der Waals surface area (Å²) in [7, 11) is 0. The van der Waals surface area contributed by atoms with E-state index in [1.54, 1.807) is 0 Å². The van der Waals surface area contributed by atoms with E-state index in [1.165, 1.54) is 54.8 Å². The first-order chi connectivity index (χ1) is 18.3. The molecule has 0 spiro atoms. The van der Waals surface area contributed by atoms with Gasteiger partial charge in [-0.1, -0.05) is 109 Å². The lowest BCUT2D eigenvalue weighted by atomic mass is 9.97. The van der Waals surface area contributed by atoms with Gasteiger partial charge in [0.2, 0.25) is 0 Å². The molecule has 0 unspecified atom stereocenters. The largest absolute Gasteiger partial charge is 0.292 e. The molecule has 2 heteroatoms. The van der Waals surface area contributed by atoms with Crippen LogP contribution in [0, 0.1) is 0 Å². The van der Waals surface area contributed by atoms with Crippen molar-refractivity contribution >= 4 is 38.2 Å². The van der Waals surface area contributed by atoms with Gasteiger partial charge in [0.1, 0.15) is 5.65 Å². The zero-order valence-corrected chi connectivity index (χ0v) is 20.1. The number of pyridine rings is 1. The molecule has 172 valence electrons. The van der Waals surface area contributed by atoms with Gasteiger partial charge in [-0.15, -0.1) is 0 Å². The Morgan fingerprint density at radius 2 is 1.11 bits per heavy atom. The molecule has 8 aromatic rings. The monoisotopic (exact) mass is 470 g/mol. The van der Waals surface area contributed by atoms with E-state index in [-0.39, 0.29) is 0 Å². The zero-order chi connectivity index (χ0) is 24.3. The molecule has 0 amide bonds. The van der Waals surface area contributed by atoms with Gasteiger partial charge in [0.05, 0.1) is 16.7 Å². The molecule has 0 aliphatic rings. The second kappa shape index (κ2) is 7.78. The minimum Gasteiger partial charge on any atom is -0.292 e. The maximum atomic E-state index is 5.03. The van der Waals surface area contributed by atoms with Gasteiger partial charge < -0.3 is 0 Å². The fourth-order valence-corrected chi connectivity index (χ4v) is 5.72. The molecule has 0 N–H and O–H groups in total. The predicted molar refractivity (Wildman–Crippen MR) is 155 cm³/mol. The Kier molecular flexibility index (Phi) is 4.26. The van der Waals surface area contributed by atoms with Gasteiger partial charge in [0.15, 0.2) is 0 Å². The van der Waals surface area contributed by atoms with Crippen LogP contribution in [-0.4, -0.2) is 9.38 Å². The summed E-state index contributed by atoms with van der Waals surface area (Å²) in [5, 5.41) is 5.04. The molecule has 0 atom stereocenters. The normalized spacial score (nSPS) is 11.8. The highest BCUT2D eigenvalue weighted by Crippen LogP contribution is 2.39. The molecule has 0 radical (unpaired) electrons. The van der Waals surface area contributed by atoms with Crippen LogP contribution in [0.4, 0.5) is 0 Å². The highest BCUT2D eigenvalue weighted by molar-refractivity contribution is 6.14. The van der Waals surface area contributed by atoms with Crippen LogP contribution in [0.3, 0.4) is 0 Å². The molecular formula is C35H22N2. The van der Waals surface area contributed by atoms with Crippen LogP contribution in [0.2, 0.25) is 0 Å². The van der Waals surface area contributed by atoms with Crippen LogP contribution in [-0.2, 0) is 0 Å². The number of benzene rings is 5. The van der Waals surface area contributed by atoms with Crippen molar-refractivity contribution in [2.24, 2.45) is 0 Å². The third-order valence-electron chi connectivity index (χ3n) is 7.54. The summed E-state index contributed by atoms with van der Waals surface area (Å²) in [6, 6.07) is 47.8. The molecule has 0 aliphatic heterocycles. The topological polar surface area (TPSA) is 17.3 Å². The number of hydrogen-bond donors (Lipinski definition) is 0. The van der Waals surface area contributed by atoms with Crippen LogP contribution in [0.25, 0.3) is 71.7 Å². The molecule has 0 saturated heterocycles. The first-order valence-electron chi connectivity index (χ1n) is 12.6. The molecule has 2 nitrogen and oxygen atoms in total. The van der Waals surface area contributed by atoms with Gasteiger partial charge in [0, 0.05) is 16.3 Å². The molecule has 0 saturated carbocycles. The molecular weight excluding hydrogens is 448 g/mol. The van der Waals surface area contributed by atoms with E-state index in [2.05, 4.69) is 138 Å². The van der Waals surface area contributed by atoms with Crippen molar-refractivity contribution in [3.63, 3.8) is 0 Å². The van der Waals surface area contributed by atoms with Gasteiger partial charge in [-0.2, -0.15) is 0 Å². The smallest absolute Gasteiger partial charge is 0.138 e. The number of fused-ring (bicyclic) bond motifs is 4. The van der Waals surface area contributed by atoms with Gasteiger partial charge >= 0.3 is 0 Å². The molecule has 8 rings (SSSR count). The third-order valence-corrected chi connectivity index (χ3v) is 7.54. The minimum absolute atomic E-state index is 0.990. The number of rotatable bonds is 3. The standard InChI is InChI=1S/C35H22N2/c1-2-8-26(9-3-1)34-35-31-22-29(19-20-30(31)32-11-6-12-33(36-34)37(32)35)25-15-13-24(14-16-25)28-18-17-23-7-4-5-10-27(23)21-28/h1-22H. The summed E-state index contributed by atoms with van der Waals surface area (Å²) in [5.41, 5.74) is 10.5. The highest BCUT2D eigenvalue weighted by Gasteiger charge is 2.19. The van der Waals surface area contributed by atoms with Gasteiger partial charge in [-0.25, -0.2) is 4.98 Å². The fourth-order valence-electron chi connectivity index (χ4n) is 5.72. The second-order valence-corrected chi connectivity index (χ2v) is 9.68. The Labute approximate surface area is 214 Å². The van der Waals surface area contributed by atoms with E-state index in [1.807, 2.05) is 0 Å². The van der Waals surface area contributed by atoms with Crippen LogP contribution in [0.5, 0.6) is 0 Å². The lowest BCUT2D eigenvalue weighted by Gasteiger charge is -2.07. The van der Waals surface area contributed by atoms with Crippen LogP contribution < -0.4 is 0 Å². The number of nitrogens with zero attached hydrogens (tertiary/aromatic N) is 2. The average Bonchev–Trinajstić information content (AvgIpc) is 3.53. The maximum absolute atomic E-state index is 5.03. The van der Waals surface area contributed by atoms with E-state index >= 15 is 0 Å². The molecule has 0 bridgehead atoms. The van der Waals surface area contributed by atoms with Crippen LogP contribution in [0.15, 0.2) is 133 Å². The Balaban J connectivity index is 1.27. The molecule has 3 heterocycles. The van der Waals surface area contributed by atoms with Gasteiger partial charge in [-0.3, -0.25) is 4.40 Å². The lowest BCUT2D eigenvalue weighted by molar-refractivity contribution is 1.31. The second-order valence-electron chi connectivity index (χ2n) is 9.68. The molecule has 0 fully saturated rings. The van der Waals surface area contributed by atoms with E-state index in [0.29, 0.717) is 0 Å². The van der Waals surface area contributed by atoms with E-state index in [4.69, 9.17) is 4.98 Å². The van der Waals surface area contributed by atoms with E-state index < -0.39 is 0 Å². The highest BCUT2D eigenvalue weighted by atomic mass is 15.0. The van der Waals surface area contributed by atoms with Crippen LogP contribution in [0.1, 0.15) is 0 Å². The van der Waals surface area contributed by atoms with Crippen molar-refractivity contribution in [2.45, 2.75) is 0 Å². The van der Waals surface area contributed by atoms with Crippen LogP contribution >= 0.6 is 0 Å². The summed E-state index contributed by atoms with van der Waals surface area (Å²) < 4.78 is 2.31. The van der Waals surface area contributed by atoms with Crippen molar-refractivity contribution in [3.8, 4) is 33.5 Å². The zero-order valence-electron chi connectivity index (χ0n) is 20.1. The van der Waals surface area contributed by atoms with Crippen molar-refractivity contribution in [1.82, 2.24) is 9.38 Å². The maximum Gasteiger partial charge on any atom is 0.138 e. The number of aromatic nitrogens is 2. The molecule has 0 aliphatic carbocycles. The Hall–Kier alpha value is -4.95. The minimum atomic E-state index is 0.990. The first kappa shape index (κ1) is 20.3. The summed E-state index contributed by atoms with van der Waals surface area (Å²) >= 11 is 0. The first-order valence-corrected chi connectivity index (χ1v) is 12.6.